The predicted octanol–water partition coefficient (Wildman–Crippen LogP) is 5.01. The highest BCUT2D eigenvalue weighted by Crippen LogP contribution is 2.18. The van der Waals surface area contributed by atoms with Gasteiger partial charge in [0.1, 0.15) is 0 Å². The molecule has 3 rings (SSSR count). The fourth-order valence-corrected chi connectivity index (χ4v) is 3.63. The van der Waals surface area contributed by atoms with E-state index in [0.29, 0.717) is 24.1 Å². The summed E-state index contributed by atoms with van der Waals surface area (Å²) >= 11 is 0. The van der Waals surface area contributed by atoms with Gasteiger partial charge in [0, 0.05) is 44.9 Å². The number of benzene rings is 1. The molecule has 0 aliphatic carbocycles. The van der Waals surface area contributed by atoms with Crippen LogP contribution >= 0.6 is 0 Å². The summed E-state index contributed by atoms with van der Waals surface area (Å²) in [4.78, 5) is 13.9. The van der Waals surface area contributed by atoms with Crippen LogP contribution < -0.4 is 15.1 Å². The summed E-state index contributed by atoms with van der Waals surface area (Å²) in [6.45, 7) is 9.68. The molecule has 0 spiro atoms. The number of hydrazone groups is 1. The molecule has 1 aliphatic heterocycles. The number of hydrogen-bond acceptors (Lipinski definition) is 7. The lowest BCUT2D eigenvalue weighted by Crippen LogP contribution is -2.27. The fraction of sp³-hybridized carbons (Fsp3) is 0.423. The van der Waals surface area contributed by atoms with E-state index in [1.807, 2.05) is 24.3 Å². The van der Waals surface area contributed by atoms with Gasteiger partial charge >= 0.3 is 0 Å². The highest BCUT2D eigenvalue weighted by atomic mass is 16.5. The standard InChI is InChI=1S/C26H36N6O/c1-5-14-32(15-6-2)26-28-23(20-27-30-22-11-9-10-21(3)18-22)19-25(29-26)33-17-13-24-12-7-8-16-31(24)4/h7-12,18-20,30H,5-6,13-17H2,1-4H3/b27-20+. The molecule has 0 atom stereocenters. The van der Waals surface area contributed by atoms with Crippen LogP contribution in [0.4, 0.5) is 11.6 Å². The molecule has 1 N–H and O–H groups in total. The first kappa shape index (κ1) is 24.3. The molecule has 0 saturated carbocycles. The van der Waals surface area contributed by atoms with Gasteiger partial charge in [0.15, 0.2) is 0 Å². The third-order valence-corrected chi connectivity index (χ3v) is 5.29. The van der Waals surface area contributed by atoms with Crippen molar-refractivity contribution in [2.75, 3.05) is 43.6 Å². The van der Waals surface area contributed by atoms with Crippen molar-refractivity contribution in [1.82, 2.24) is 14.9 Å². The Kier molecular flexibility index (Phi) is 9.30. The zero-order valence-corrected chi connectivity index (χ0v) is 20.3. The van der Waals surface area contributed by atoms with Gasteiger partial charge in [-0.15, -0.1) is 0 Å². The maximum absolute atomic E-state index is 6.07. The number of ether oxygens (including phenoxy) is 1. The van der Waals surface area contributed by atoms with Gasteiger partial charge < -0.3 is 14.5 Å². The second kappa shape index (κ2) is 12.6. The Morgan fingerprint density at radius 2 is 2.00 bits per heavy atom. The fourth-order valence-electron chi connectivity index (χ4n) is 3.63. The summed E-state index contributed by atoms with van der Waals surface area (Å²) in [5, 5.41) is 4.39. The molecule has 1 aliphatic rings. The number of nitrogens with one attached hydrogen (secondary N) is 1. The molecule has 0 radical (unpaired) electrons. The van der Waals surface area contributed by atoms with Crippen molar-refractivity contribution in [1.29, 1.82) is 0 Å². The quantitative estimate of drug-likeness (QED) is 0.364. The lowest BCUT2D eigenvalue weighted by atomic mass is 10.2. The summed E-state index contributed by atoms with van der Waals surface area (Å²) in [5.74, 6) is 1.26. The van der Waals surface area contributed by atoms with Crippen molar-refractivity contribution in [2.45, 2.75) is 40.0 Å². The van der Waals surface area contributed by atoms with Crippen LogP contribution in [0, 0.1) is 6.92 Å². The SMILES string of the molecule is CCCN(CCC)c1nc(/C=N/Nc2cccc(C)c2)cc(OCCC2=CC=CCN2C)n1. The number of aromatic nitrogens is 2. The zero-order valence-electron chi connectivity index (χ0n) is 20.3. The topological polar surface area (TPSA) is 65.9 Å². The zero-order chi connectivity index (χ0) is 23.5. The van der Waals surface area contributed by atoms with Gasteiger partial charge in [-0.1, -0.05) is 38.1 Å². The maximum Gasteiger partial charge on any atom is 0.229 e. The smallest absolute Gasteiger partial charge is 0.229 e. The average Bonchev–Trinajstić information content (AvgIpc) is 2.80. The molecule has 7 heteroatoms. The van der Waals surface area contributed by atoms with Crippen molar-refractivity contribution in [3.05, 3.63) is 65.5 Å². The molecule has 2 aromatic rings. The van der Waals surface area contributed by atoms with Crippen molar-refractivity contribution in [2.24, 2.45) is 5.10 Å². The molecular weight excluding hydrogens is 412 g/mol. The van der Waals surface area contributed by atoms with Gasteiger partial charge in [-0.25, -0.2) is 4.98 Å². The Morgan fingerprint density at radius 1 is 1.18 bits per heavy atom. The molecule has 1 aromatic heterocycles. The summed E-state index contributed by atoms with van der Waals surface area (Å²) < 4.78 is 6.07. The minimum atomic E-state index is 0.556. The molecule has 176 valence electrons. The van der Waals surface area contributed by atoms with Crippen LogP contribution in [0.1, 0.15) is 44.4 Å². The van der Waals surface area contributed by atoms with Crippen molar-refractivity contribution >= 4 is 17.9 Å². The summed E-state index contributed by atoms with van der Waals surface area (Å²) in [6, 6.07) is 9.95. The number of anilines is 2. The molecule has 0 fully saturated rings. The van der Waals surface area contributed by atoms with Gasteiger partial charge in [-0.05, 0) is 43.5 Å². The molecular formula is C26H36N6O. The van der Waals surface area contributed by atoms with Crippen molar-refractivity contribution in [3.63, 3.8) is 0 Å². The normalized spacial score (nSPS) is 13.3. The van der Waals surface area contributed by atoms with E-state index in [1.165, 1.54) is 11.3 Å². The molecule has 0 unspecified atom stereocenters. The predicted molar refractivity (Wildman–Crippen MR) is 137 cm³/mol. The molecule has 0 saturated heterocycles. The minimum absolute atomic E-state index is 0.556. The Balaban J connectivity index is 1.75. The highest BCUT2D eigenvalue weighted by Gasteiger charge is 2.13. The van der Waals surface area contributed by atoms with E-state index in [4.69, 9.17) is 14.7 Å². The first-order valence-corrected chi connectivity index (χ1v) is 11.8. The minimum Gasteiger partial charge on any atom is -0.477 e. The van der Waals surface area contributed by atoms with Crippen molar-refractivity contribution in [3.8, 4) is 5.88 Å². The molecule has 1 aromatic carbocycles. The van der Waals surface area contributed by atoms with E-state index in [1.54, 1.807) is 6.21 Å². The lowest BCUT2D eigenvalue weighted by Gasteiger charge is -2.24. The summed E-state index contributed by atoms with van der Waals surface area (Å²) in [7, 11) is 2.10. The number of allylic oxidation sites excluding steroid dienone is 2. The largest absolute Gasteiger partial charge is 0.477 e. The van der Waals surface area contributed by atoms with Gasteiger partial charge in [-0.2, -0.15) is 10.1 Å². The number of aryl methyl sites for hydroxylation is 1. The van der Waals surface area contributed by atoms with E-state index in [2.05, 4.69) is 72.4 Å². The van der Waals surface area contributed by atoms with Crippen LogP contribution in [0.25, 0.3) is 0 Å². The summed E-state index contributed by atoms with van der Waals surface area (Å²) in [6.07, 6.45) is 11.0. The van der Waals surface area contributed by atoms with E-state index in [0.717, 1.165) is 44.6 Å². The molecule has 33 heavy (non-hydrogen) atoms. The van der Waals surface area contributed by atoms with Crippen molar-refractivity contribution < 1.29 is 4.74 Å². The Labute approximate surface area is 197 Å². The Hall–Kier alpha value is -3.35. The van der Waals surface area contributed by atoms with Crippen LogP contribution in [0.2, 0.25) is 0 Å². The molecule has 0 bridgehead atoms. The maximum atomic E-state index is 6.07. The van der Waals surface area contributed by atoms with E-state index in [-0.39, 0.29) is 0 Å². The van der Waals surface area contributed by atoms with E-state index < -0.39 is 0 Å². The van der Waals surface area contributed by atoms with E-state index in [9.17, 15) is 0 Å². The Bertz CT molecular complexity index is 978. The molecule has 2 heterocycles. The first-order chi connectivity index (χ1) is 16.1. The van der Waals surface area contributed by atoms with Gasteiger partial charge in [0.2, 0.25) is 11.8 Å². The third-order valence-electron chi connectivity index (χ3n) is 5.29. The number of rotatable bonds is 12. The van der Waals surface area contributed by atoms with Gasteiger partial charge in [0.05, 0.1) is 24.2 Å². The molecule has 7 nitrogen and oxygen atoms in total. The monoisotopic (exact) mass is 448 g/mol. The third kappa shape index (κ3) is 7.63. The van der Waals surface area contributed by atoms with Crippen LogP contribution in [-0.4, -0.2) is 54.4 Å². The first-order valence-electron chi connectivity index (χ1n) is 11.8. The second-order valence-corrected chi connectivity index (χ2v) is 8.22. The Morgan fingerprint density at radius 3 is 2.73 bits per heavy atom. The number of nitrogens with zero attached hydrogens (tertiary/aromatic N) is 5. The second-order valence-electron chi connectivity index (χ2n) is 8.22. The van der Waals surface area contributed by atoms with E-state index >= 15 is 0 Å². The number of hydrogen-bond donors (Lipinski definition) is 1. The molecule has 0 amide bonds. The van der Waals surface area contributed by atoms with Crippen LogP contribution in [-0.2, 0) is 0 Å². The van der Waals surface area contributed by atoms with Crippen LogP contribution in [0.5, 0.6) is 5.88 Å². The average molecular weight is 449 g/mol. The van der Waals surface area contributed by atoms with Gasteiger partial charge in [-0.3, -0.25) is 5.43 Å². The highest BCUT2D eigenvalue weighted by molar-refractivity contribution is 5.78. The number of likely N-dealkylation sites (N-methyl/N-ethyl adjacent to an activating group) is 1. The van der Waals surface area contributed by atoms with Gasteiger partial charge in [0.25, 0.3) is 0 Å². The van der Waals surface area contributed by atoms with Crippen LogP contribution in [0.3, 0.4) is 0 Å². The lowest BCUT2D eigenvalue weighted by molar-refractivity contribution is 0.291. The van der Waals surface area contributed by atoms with Crippen LogP contribution in [0.15, 0.2) is 59.4 Å². The summed E-state index contributed by atoms with van der Waals surface area (Å²) in [5.41, 5.74) is 7.17.